The summed E-state index contributed by atoms with van der Waals surface area (Å²) >= 11 is 12.4. The van der Waals surface area contributed by atoms with Gasteiger partial charge in [0.05, 0.1) is 18.0 Å². The highest BCUT2D eigenvalue weighted by molar-refractivity contribution is 7.71. The molecule has 1 aliphatic rings. The van der Waals surface area contributed by atoms with Crippen LogP contribution in [0.4, 0.5) is 0 Å². The molecule has 0 unspecified atom stereocenters. The normalized spacial score (nSPS) is 14.9. The van der Waals surface area contributed by atoms with Gasteiger partial charge in [0.1, 0.15) is 10.7 Å². The molecule has 1 saturated carbocycles. The Morgan fingerprint density at radius 1 is 1.00 bits per heavy atom. The number of hydrogen-bond acceptors (Lipinski definition) is 4. The Bertz CT molecular complexity index is 1120. The van der Waals surface area contributed by atoms with Gasteiger partial charge in [-0.1, -0.05) is 47.5 Å². The minimum atomic E-state index is -2.52. The number of aromatic nitrogens is 1. The van der Waals surface area contributed by atoms with Gasteiger partial charge < -0.3 is 4.74 Å². The molecule has 0 aliphatic heterocycles. The molecule has 3 aromatic rings. The lowest BCUT2D eigenvalue weighted by molar-refractivity contribution is 0.0174. The van der Waals surface area contributed by atoms with Gasteiger partial charge in [0.25, 0.3) is 0 Å². The number of nitrogens with zero attached hydrogens (tertiary/aromatic N) is 1. The van der Waals surface area contributed by atoms with E-state index < -0.39 is 16.3 Å². The maximum atomic E-state index is 11.3. The fourth-order valence-electron chi connectivity index (χ4n) is 3.53. The van der Waals surface area contributed by atoms with Crippen molar-refractivity contribution in [2.24, 2.45) is 0 Å². The zero-order valence-corrected chi connectivity index (χ0v) is 17.9. The maximum Gasteiger partial charge on any atom is 0.144 e. The lowest BCUT2D eigenvalue weighted by Gasteiger charge is -2.21. The van der Waals surface area contributed by atoms with Crippen molar-refractivity contribution in [1.82, 2.24) is 4.98 Å². The van der Waals surface area contributed by atoms with Crippen molar-refractivity contribution in [1.29, 1.82) is 0 Å². The Morgan fingerprint density at radius 2 is 1.79 bits per heavy atom. The number of benzene rings is 2. The fraction of sp³-hybridized carbons (Fsp3) is 0.227. The van der Waals surface area contributed by atoms with Crippen LogP contribution in [-0.4, -0.2) is 13.4 Å². The average Bonchev–Trinajstić information content (AvgIpc) is 3.50. The molecule has 0 N–H and O–H groups in total. The molecule has 2 aromatic carbocycles. The molecule has 29 heavy (non-hydrogen) atoms. The molecule has 0 amide bonds. The highest BCUT2D eigenvalue weighted by atomic mass is 35.5. The SMILES string of the molecule is O=[SH](=O)Cc1ccccc1-c1ccncc1C1(OCc2cc(Cl)ccc2Cl)CC1. The Balaban J connectivity index is 1.68. The van der Waals surface area contributed by atoms with E-state index in [2.05, 4.69) is 4.98 Å². The summed E-state index contributed by atoms with van der Waals surface area (Å²) in [5.74, 6) is -0.000745. The minimum Gasteiger partial charge on any atom is -0.365 e. The molecule has 4 rings (SSSR count). The van der Waals surface area contributed by atoms with Crippen molar-refractivity contribution in [3.8, 4) is 11.1 Å². The molecule has 0 radical (unpaired) electrons. The molecule has 1 aromatic heterocycles. The summed E-state index contributed by atoms with van der Waals surface area (Å²) < 4.78 is 29.0. The molecule has 0 bridgehead atoms. The molecular formula is C22H19Cl2NO3S. The number of hydrogen-bond donors (Lipinski definition) is 1. The molecule has 1 heterocycles. The Kier molecular flexibility index (Phi) is 5.93. The van der Waals surface area contributed by atoms with E-state index in [1.54, 1.807) is 18.3 Å². The van der Waals surface area contributed by atoms with E-state index in [4.69, 9.17) is 27.9 Å². The van der Waals surface area contributed by atoms with Crippen LogP contribution in [0.25, 0.3) is 11.1 Å². The summed E-state index contributed by atoms with van der Waals surface area (Å²) in [4.78, 5) is 4.31. The summed E-state index contributed by atoms with van der Waals surface area (Å²) in [6.07, 6.45) is 5.26. The standard InChI is InChI=1S/C22H19Cl2NO3S/c23-17-5-6-21(24)16(11-17)13-28-22(8-9-22)20-12-25-10-7-19(20)18-4-2-1-3-15(18)14-29(26)27/h1-7,10-12,29H,8-9,13-14H2. The first kappa shape index (κ1) is 20.4. The van der Waals surface area contributed by atoms with Crippen LogP contribution >= 0.6 is 23.2 Å². The largest absolute Gasteiger partial charge is 0.365 e. The molecule has 4 nitrogen and oxygen atoms in total. The summed E-state index contributed by atoms with van der Waals surface area (Å²) in [6, 6.07) is 14.8. The van der Waals surface area contributed by atoms with Gasteiger partial charge in [0, 0.05) is 28.0 Å². The lowest BCUT2D eigenvalue weighted by Crippen LogP contribution is -2.14. The van der Waals surface area contributed by atoms with Crippen LogP contribution in [0.1, 0.15) is 29.5 Å². The first-order chi connectivity index (χ1) is 14.0. The van der Waals surface area contributed by atoms with Crippen molar-refractivity contribution >= 4 is 33.9 Å². The minimum absolute atomic E-state index is 0.000745. The van der Waals surface area contributed by atoms with E-state index in [0.717, 1.165) is 40.7 Å². The van der Waals surface area contributed by atoms with Crippen LogP contribution in [0, 0.1) is 0 Å². The van der Waals surface area contributed by atoms with Crippen LogP contribution < -0.4 is 0 Å². The van der Waals surface area contributed by atoms with Gasteiger partial charge in [-0.25, -0.2) is 8.42 Å². The molecule has 150 valence electrons. The second-order valence-electron chi connectivity index (χ2n) is 7.09. The molecule has 7 heteroatoms. The Labute approximate surface area is 181 Å². The highest BCUT2D eigenvalue weighted by Crippen LogP contribution is 2.52. The van der Waals surface area contributed by atoms with E-state index >= 15 is 0 Å². The Hall–Kier alpha value is -1.92. The highest BCUT2D eigenvalue weighted by Gasteiger charge is 2.47. The molecule has 0 saturated heterocycles. The van der Waals surface area contributed by atoms with Crippen molar-refractivity contribution in [3.05, 3.63) is 87.7 Å². The van der Waals surface area contributed by atoms with Gasteiger partial charge in [-0.2, -0.15) is 0 Å². The van der Waals surface area contributed by atoms with Crippen LogP contribution in [0.5, 0.6) is 0 Å². The van der Waals surface area contributed by atoms with Gasteiger partial charge in [0.15, 0.2) is 0 Å². The lowest BCUT2D eigenvalue weighted by atomic mass is 9.94. The summed E-state index contributed by atoms with van der Waals surface area (Å²) in [6.45, 7) is 0.335. The van der Waals surface area contributed by atoms with Gasteiger partial charge in [-0.05, 0) is 59.4 Å². The van der Waals surface area contributed by atoms with Crippen molar-refractivity contribution in [2.45, 2.75) is 30.8 Å². The second-order valence-corrected chi connectivity index (χ2v) is 8.91. The summed E-state index contributed by atoms with van der Waals surface area (Å²) in [5.41, 5.74) is 3.94. The molecule has 0 atom stereocenters. The summed E-state index contributed by atoms with van der Waals surface area (Å²) in [5, 5.41) is 1.22. The molecule has 0 spiro atoms. The number of ether oxygens (including phenoxy) is 1. The van der Waals surface area contributed by atoms with Crippen LogP contribution in [-0.2, 0) is 33.4 Å². The second kappa shape index (κ2) is 8.44. The smallest absolute Gasteiger partial charge is 0.144 e. The van der Waals surface area contributed by atoms with Gasteiger partial charge in [-0.15, -0.1) is 0 Å². The quantitative estimate of drug-likeness (QED) is 0.494. The first-order valence-electron chi connectivity index (χ1n) is 9.21. The van der Waals surface area contributed by atoms with E-state index in [1.165, 1.54) is 0 Å². The van der Waals surface area contributed by atoms with Crippen LogP contribution in [0.15, 0.2) is 60.9 Å². The van der Waals surface area contributed by atoms with E-state index in [0.29, 0.717) is 16.7 Å². The van der Waals surface area contributed by atoms with Crippen LogP contribution in [0.2, 0.25) is 10.0 Å². The van der Waals surface area contributed by atoms with Crippen molar-refractivity contribution in [3.63, 3.8) is 0 Å². The van der Waals surface area contributed by atoms with Gasteiger partial charge >= 0.3 is 0 Å². The van der Waals surface area contributed by atoms with Crippen LogP contribution in [0.3, 0.4) is 0 Å². The fourth-order valence-corrected chi connectivity index (χ4v) is 4.45. The number of halogens is 2. The van der Waals surface area contributed by atoms with Crippen molar-refractivity contribution in [2.75, 3.05) is 0 Å². The third kappa shape index (κ3) is 4.48. The molecule has 1 aliphatic carbocycles. The first-order valence-corrected chi connectivity index (χ1v) is 11.3. The van der Waals surface area contributed by atoms with E-state index in [-0.39, 0.29) is 5.75 Å². The average molecular weight is 448 g/mol. The maximum absolute atomic E-state index is 11.3. The Morgan fingerprint density at radius 3 is 2.55 bits per heavy atom. The monoisotopic (exact) mass is 447 g/mol. The zero-order valence-electron chi connectivity index (χ0n) is 15.5. The van der Waals surface area contributed by atoms with E-state index in [9.17, 15) is 8.42 Å². The third-order valence-electron chi connectivity index (χ3n) is 5.13. The number of thiol groups is 1. The predicted octanol–water partition coefficient (Wildman–Crippen LogP) is 5.37. The summed E-state index contributed by atoms with van der Waals surface area (Å²) in [7, 11) is -2.52. The zero-order chi connectivity index (χ0) is 20.4. The van der Waals surface area contributed by atoms with Gasteiger partial charge in [-0.3, -0.25) is 4.98 Å². The van der Waals surface area contributed by atoms with Gasteiger partial charge in [0.2, 0.25) is 0 Å². The molecule has 1 fully saturated rings. The predicted molar refractivity (Wildman–Crippen MR) is 116 cm³/mol. The topological polar surface area (TPSA) is 56.3 Å². The van der Waals surface area contributed by atoms with E-state index in [1.807, 2.05) is 42.6 Å². The van der Waals surface area contributed by atoms with Crippen molar-refractivity contribution < 1.29 is 13.2 Å². The third-order valence-corrected chi connectivity index (χ3v) is 6.34. The number of rotatable bonds is 7. The number of pyridine rings is 1. The molecular weight excluding hydrogens is 429 g/mol.